The van der Waals surface area contributed by atoms with Crippen molar-refractivity contribution < 1.29 is 4.74 Å². The third kappa shape index (κ3) is 4.48. The van der Waals surface area contributed by atoms with Gasteiger partial charge in [-0.05, 0) is 50.9 Å². The van der Waals surface area contributed by atoms with Crippen LogP contribution in [-0.4, -0.2) is 49.7 Å². The minimum atomic E-state index is 0. The number of nitrogens with zero attached hydrogens (tertiary/aromatic N) is 2. The van der Waals surface area contributed by atoms with E-state index in [2.05, 4.69) is 15.2 Å². The molecule has 3 rings (SSSR count). The fourth-order valence-corrected chi connectivity index (χ4v) is 2.82. The summed E-state index contributed by atoms with van der Waals surface area (Å²) in [6, 6.07) is 0.669. The minimum Gasteiger partial charge on any atom is -0.378 e. The molecule has 2 saturated carbocycles. The van der Waals surface area contributed by atoms with E-state index in [-0.39, 0.29) is 24.0 Å². The summed E-state index contributed by atoms with van der Waals surface area (Å²) < 4.78 is 6.00. The fraction of sp³-hybridized carbons (Fsp3) is 0.933. The first-order valence-electron chi connectivity index (χ1n) is 7.95. The van der Waals surface area contributed by atoms with Crippen LogP contribution in [0.4, 0.5) is 0 Å². The number of nitrogens with one attached hydrogen (secondary N) is 1. The quantitative estimate of drug-likeness (QED) is 0.453. The van der Waals surface area contributed by atoms with Crippen molar-refractivity contribution in [3.05, 3.63) is 0 Å². The number of hydrogen-bond donors (Lipinski definition) is 1. The van der Waals surface area contributed by atoms with Crippen molar-refractivity contribution in [3.8, 4) is 0 Å². The largest absolute Gasteiger partial charge is 0.378 e. The van der Waals surface area contributed by atoms with Crippen LogP contribution in [0.3, 0.4) is 0 Å². The molecule has 0 radical (unpaired) electrons. The Morgan fingerprint density at radius 3 is 2.35 bits per heavy atom. The molecule has 0 atom stereocenters. The monoisotopic (exact) mass is 393 g/mol. The first-order chi connectivity index (χ1) is 9.35. The van der Waals surface area contributed by atoms with Crippen LogP contribution < -0.4 is 5.32 Å². The summed E-state index contributed by atoms with van der Waals surface area (Å²) in [5.41, 5.74) is 0. The van der Waals surface area contributed by atoms with Gasteiger partial charge in [0.05, 0.1) is 6.10 Å². The zero-order valence-electron chi connectivity index (χ0n) is 12.5. The topological polar surface area (TPSA) is 36.9 Å². The lowest BCUT2D eigenvalue weighted by Crippen LogP contribution is -2.51. The Morgan fingerprint density at radius 2 is 1.85 bits per heavy atom. The number of ether oxygens (including phenoxy) is 1. The van der Waals surface area contributed by atoms with Crippen molar-refractivity contribution in [3.63, 3.8) is 0 Å². The Labute approximate surface area is 139 Å². The van der Waals surface area contributed by atoms with Crippen molar-refractivity contribution in [1.82, 2.24) is 10.2 Å². The summed E-state index contributed by atoms with van der Waals surface area (Å²) in [6.07, 6.45) is 9.54. The molecule has 2 aliphatic carbocycles. The number of hydrogen-bond acceptors (Lipinski definition) is 2. The van der Waals surface area contributed by atoms with Crippen LogP contribution in [0, 0.1) is 5.92 Å². The fourth-order valence-electron chi connectivity index (χ4n) is 2.82. The summed E-state index contributed by atoms with van der Waals surface area (Å²) in [6.45, 7) is 3.17. The first-order valence-corrected chi connectivity index (χ1v) is 7.95. The molecular formula is C15H28IN3O. The molecule has 0 unspecified atom stereocenters. The molecule has 0 bridgehead atoms. The van der Waals surface area contributed by atoms with E-state index in [4.69, 9.17) is 4.74 Å². The second-order valence-electron chi connectivity index (χ2n) is 6.28. The van der Waals surface area contributed by atoms with Crippen LogP contribution in [0.2, 0.25) is 0 Å². The molecule has 0 aromatic carbocycles. The molecule has 0 aromatic heterocycles. The lowest BCUT2D eigenvalue weighted by molar-refractivity contribution is 0.0129. The molecule has 1 heterocycles. The van der Waals surface area contributed by atoms with E-state index in [1.54, 1.807) is 0 Å². The second-order valence-corrected chi connectivity index (χ2v) is 6.28. The molecule has 3 aliphatic rings. The highest BCUT2D eigenvalue weighted by molar-refractivity contribution is 14.0. The molecule has 20 heavy (non-hydrogen) atoms. The number of piperidine rings is 1. The molecule has 0 spiro atoms. The van der Waals surface area contributed by atoms with Crippen LogP contribution >= 0.6 is 24.0 Å². The summed E-state index contributed by atoms with van der Waals surface area (Å²) in [5.74, 6) is 1.98. The lowest BCUT2D eigenvalue weighted by Gasteiger charge is -2.37. The smallest absolute Gasteiger partial charge is 0.193 e. The van der Waals surface area contributed by atoms with Gasteiger partial charge in [-0.1, -0.05) is 0 Å². The van der Waals surface area contributed by atoms with Crippen molar-refractivity contribution in [1.29, 1.82) is 0 Å². The van der Waals surface area contributed by atoms with Crippen LogP contribution in [0.15, 0.2) is 4.99 Å². The molecule has 0 aromatic rings. The molecule has 0 amide bonds. The molecular weight excluding hydrogens is 365 g/mol. The Balaban J connectivity index is 0.00000147. The minimum absolute atomic E-state index is 0. The Hall–Kier alpha value is -0.0400. The Bertz CT molecular complexity index is 321. The first kappa shape index (κ1) is 16.3. The number of halogens is 1. The second kappa shape index (κ2) is 7.82. The number of rotatable bonds is 4. The average molecular weight is 393 g/mol. The van der Waals surface area contributed by atoms with Gasteiger partial charge in [-0.15, -0.1) is 24.0 Å². The van der Waals surface area contributed by atoms with E-state index < -0.39 is 0 Å². The lowest BCUT2D eigenvalue weighted by atomic mass is 9.93. The average Bonchev–Trinajstić information content (AvgIpc) is 3.20. The highest BCUT2D eigenvalue weighted by Crippen LogP contribution is 2.30. The predicted octanol–water partition coefficient (Wildman–Crippen LogP) is 2.62. The zero-order valence-corrected chi connectivity index (χ0v) is 14.8. The predicted molar refractivity (Wildman–Crippen MR) is 92.8 cm³/mol. The van der Waals surface area contributed by atoms with Gasteiger partial charge in [0.1, 0.15) is 0 Å². The Morgan fingerprint density at radius 1 is 1.15 bits per heavy atom. The van der Waals surface area contributed by atoms with Crippen molar-refractivity contribution in [2.45, 2.75) is 57.1 Å². The molecule has 5 heteroatoms. The number of aliphatic imine (C=N–C) groups is 1. The number of guanidine groups is 1. The van der Waals surface area contributed by atoms with Crippen LogP contribution in [0.5, 0.6) is 0 Å². The standard InChI is InChI=1S/C15H27N3O.HI/c1-16-15(17-13-3-2-4-13)18-9-7-14(8-10-18)19-11-12-5-6-12;/h12-14H,2-11H2,1H3,(H,16,17);1H. The van der Waals surface area contributed by atoms with Crippen molar-refractivity contribution in [2.24, 2.45) is 10.9 Å². The molecule has 116 valence electrons. The Kier molecular flexibility index (Phi) is 6.39. The molecule has 4 nitrogen and oxygen atoms in total. The number of likely N-dealkylation sites (tertiary alicyclic amines) is 1. The maximum absolute atomic E-state index is 6.00. The zero-order chi connectivity index (χ0) is 13.1. The van der Waals surface area contributed by atoms with E-state index in [9.17, 15) is 0 Å². The van der Waals surface area contributed by atoms with E-state index in [0.717, 1.165) is 44.4 Å². The molecule has 1 saturated heterocycles. The van der Waals surface area contributed by atoms with Gasteiger partial charge in [0.2, 0.25) is 0 Å². The van der Waals surface area contributed by atoms with Crippen LogP contribution in [0.1, 0.15) is 44.9 Å². The van der Waals surface area contributed by atoms with Crippen molar-refractivity contribution in [2.75, 3.05) is 26.7 Å². The van der Waals surface area contributed by atoms with Crippen LogP contribution in [-0.2, 0) is 4.74 Å². The van der Waals surface area contributed by atoms with E-state index in [1.165, 1.54) is 32.1 Å². The third-order valence-electron chi connectivity index (χ3n) is 4.66. The van der Waals surface area contributed by atoms with Crippen molar-refractivity contribution >= 4 is 29.9 Å². The normalized spacial score (nSPS) is 25.1. The maximum Gasteiger partial charge on any atom is 0.193 e. The van der Waals surface area contributed by atoms with Gasteiger partial charge in [0.15, 0.2) is 5.96 Å². The van der Waals surface area contributed by atoms with Gasteiger partial charge in [-0.2, -0.15) is 0 Å². The van der Waals surface area contributed by atoms with Gasteiger partial charge < -0.3 is 15.0 Å². The van der Waals surface area contributed by atoms with E-state index >= 15 is 0 Å². The SMILES string of the molecule is CN=C(NC1CCC1)N1CCC(OCC2CC2)CC1.I. The highest BCUT2D eigenvalue weighted by atomic mass is 127. The molecule has 1 aliphatic heterocycles. The van der Waals surface area contributed by atoms with Gasteiger partial charge >= 0.3 is 0 Å². The van der Waals surface area contributed by atoms with Gasteiger partial charge in [-0.3, -0.25) is 4.99 Å². The summed E-state index contributed by atoms with van der Waals surface area (Å²) >= 11 is 0. The molecule has 1 N–H and O–H groups in total. The van der Waals surface area contributed by atoms with E-state index in [0.29, 0.717) is 12.1 Å². The maximum atomic E-state index is 6.00. The third-order valence-corrected chi connectivity index (χ3v) is 4.66. The van der Waals surface area contributed by atoms with Gasteiger partial charge in [-0.25, -0.2) is 0 Å². The van der Waals surface area contributed by atoms with Crippen LogP contribution in [0.25, 0.3) is 0 Å². The van der Waals surface area contributed by atoms with Gasteiger partial charge in [0, 0.05) is 32.8 Å². The highest BCUT2D eigenvalue weighted by Gasteiger charge is 2.27. The summed E-state index contributed by atoms with van der Waals surface area (Å²) in [5, 5.41) is 3.58. The summed E-state index contributed by atoms with van der Waals surface area (Å²) in [4.78, 5) is 6.83. The molecule has 3 fully saturated rings. The van der Waals surface area contributed by atoms with Gasteiger partial charge in [0.25, 0.3) is 0 Å². The van der Waals surface area contributed by atoms with E-state index in [1.807, 2.05) is 7.05 Å². The summed E-state index contributed by atoms with van der Waals surface area (Å²) in [7, 11) is 1.90.